The summed E-state index contributed by atoms with van der Waals surface area (Å²) in [4.78, 5) is 2.22. The van der Waals surface area contributed by atoms with Crippen molar-refractivity contribution in [3.63, 3.8) is 0 Å². The quantitative estimate of drug-likeness (QED) is 0.671. The van der Waals surface area contributed by atoms with Crippen molar-refractivity contribution in [2.75, 3.05) is 13.6 Å². The minimum atomic E-state index is 0.0106. The van der Waals surface area contributed by atoms with Gasteiger partial charge in [-0.15, -0.1) is 0 Å². The van der Waals surface area contributed by atoms with E-state index in [1.807, 2.05) is 6.07 Å². The molecule has 0 fully saturated rings. The summed E-state index contributed by atoms with van der Waals surface area (Å²) in [6, 6.07) is 1.96. The van der Waals surface area contributed by atoms with Crippen molar-refractivity contribution >= 4 is 0 Å². The number of nitrogens with zero attached hydrogens (tertiary/aromatic N) is 1. The molecule has 0 spiro atoms. The summed E-state index contributed by atoms with van der Waals surface area (Å²) < 4.78 is 5.43. The fourth-order valence-corrected chi connectivity index (χ4v) is 1.59. The van der Waals surface area contributed by atoms with Gasteiger partial charge in [-0.05, 0) is 25.1 Å². The second kappa shape index (κ2) is 2.92. The molecular formula is C9H13NO2. The van der Waals surface area contributed by atoms with Crippen LogP contribution in [0.3, 0.4) is 0 Å². The summed E-state index contributed by atoms with van der Waals surface area (Å²) in [7, 11) is 2.07. The first kappa shape index (κ1) is 7.83. The number of aliphatic hydroxyl groups excluding tert-OH is 1. The number of aliphatic hydroxyl groups is 1. The van der Waals surface area contributed by atoms with Gasteiger partial charge in [0.05, 0.1) is 6.54 Å². The summed E-state index contributed by atoms with van der Waals surface area (Å²) in [5.41, 5.74) is 1.26. The number of furan rings is 1. The minimum absolute atomic E-state index is 0.0106. The topological polar surface area (TPSA) is 36.6 Å². The molecule has 0 bridgehead atoms. The van der Waals surface area contributed by atoms with Gasteiger partial charge in [0.1, 0.15) is 18.1 Å². The van der Waals surface area contributed by atoms with Crippen molar-refractivity contribution in [3.05, 3.63) is 23.2 Å². The molecule has 0 atom stereocenters. The molecule has 0 aliphatic carbocycles. The molecule has 1 aliphatic heterocycles. The van der Waals surface area contributed by atoms with Crippen LogP contribution in [0.2, 0.25) is 0 Å². The predicted molar refractivity (Wildman–Crippen MR) is 44.7 cm³/mol. The Morgan fingerprint density at radius 2 is 2.50 bits per heavy atom. The van der Waals surface area contributed by atoms with E-state index in [1.165, 1.54) is 5.56 Å². The monoisotopic (exact) mass is 167 g/mol. The van der Waals surface area contributed by atoms with E-state index >= 15 is 0 Å². The minimum Gasteiger partial charge on any atom is -0.462 e. The summed E-state index contributed by atoms with van der Waals surface area (Å²) in [5, 5.41) is 8.85. The van der Waals surface area contributed by atoms with Crippen molar-refractivity contribution in [1.82, 2.24) is 4.90 Å². The van der Waals surface area contributed by atoms with E-state index in [0.717, 1.165) is 25.3 Å². The van der Waals surface area contributed by atoms with Crippen LogP contribution in [0.25, 0.3) is 0 Å². The maximum atomic E-state index is 8.85. The third-order valence-corrected chi connectivity index (χ3v) is 2.28. The van der Waals surface area contributed by atoms with Gasteiger partial charge in [0.15, 0.2) is 0 Å². The van der Waals surface area contributed by atoms with Crippen LogP contribution in [0.15, 0.2) is 10.5 Å². The average Bonchev–Trinajstić information content (AvgIpc) is 2.46. The van der Waals surface area contributed by atoms with Crippen LogP contribution in [-0.2, 0) is 19.6 Å². The Balaban J connectivity index is 2.28. The van der Waals surface area contributed by atoms with E-state index < -0.39 is 0 Å². The lowest BCUT2D eigenvalue weighted by molar-refractivity contribution is 0.228. The maximum absolute atomic E-state index is 8.85. The second-order valence-electron chi connectivity index (χ2n) is 3.31. The second-order valence-corrected chi connectivity index (χ2v) is 3.31. The van der Waals surface area contributed by atoms with Crippen LogP contribution in [-0.4, -0.2) is 23.6 Å². The molecule has 1 N–H and O–H groups in total. The Morgan fingerprint density at radius 1 is 1.67 bits per heavy atom. The van der Waals surface area contributed by atoms with Gasteiger partial charge in [0.25, 0.3) is 0 Å². The number of fused-ring (bicyclic) bond motifs is 1. The normalized spacial score (nSPS) is 17.8. The molecule has 12 heavy (non-hydrogen) atoms. The van der Waals surface area contributed by atoms with E-state index in [9.17, 15) is 0 Å². The lowest BCUT2D eigenvalue weighted by Crippen LogP contribution is -2.25. The van der Waals surface area contributed by atoms with Crippen molar-refractivity contribution < 1.29 is 9.52 Å². The fraction of sp³-hybridized carbons (Fsp3) is 0.556. The van der Waals surface area contributed by atoms with E-state index in [1.54, 1.807) is 0 Å². The van der Waals surface area contributed by atoms with Crippen LogP contribution in [0, 0.1) is 0 Å². The van der Waals surface area contributed by atoms with E-state index in [2.05, 4.69) is 11.9 Å². The molecule has 0 saturated heterocycles. The zero-order valence-electron chi connectivity index (χ0n) is 7.21. The average molecular weight is 167 g/mol. The number of hydrogen-bond acceptors (Lipinski definition) is 3. The lowest BCUT2D eigenvalue weighted by atomic mass is 10.1. The van der Waals surface area contributed by atoms with Crippen molar-refractivity contribution in [3.8, 4) is 0 Å². The lowest BCUT2D eigenvalue weighted by Gasteiger charge is -2.20. The van der Waals surface area contributed by atoms with Crippen LogP contribution >= 0.6 is 0 Å². The molecule has 66 valence electrons. The Hall–Kier alpha value is -0.800. The fourth-order valence-electron chi connectivity index (χ4n) is 1.59. The Bertz CT molecular complexity index is 280. The van der Waals surface area contributed by atoms with E-state index in [4.69, 9.17) is 9.52 Å². The summed E-state index contributed by atoms with van der Waals surface area (Å²) >= 11 is 0. The highest BCUT2D eigenvalue weighted by molar-refractivity contribution is 5.23. The van der Waals surface area contributed by atoms with Crippen molar-refractivity contribution in [1.29, 1.82) is 0 Å². The van der Waals surface area contributed by atoms with E-state index in [0.29, 0.717) is 5.76 Å². The molecule has 3 heteroatoms. The molecule has 2 rings (SSSR count). The molecule has 1 aromatic rings. The van der Waals surface area contributed by atoms with Gasteiger partial charge in [-0.2, -0.15) is 0 Å². The van der Waals surface area contributed by atoms with Gasteiger partial charge in [0, 0.05) is 6.54 Å². The van der Waals surface area contributed by atoms with Gasteiger partial charge in [-0.25, -0.2) is 0 Å². The van der Waals surface area contributed by atoms with Gasteiger partial charge in [-0.3, -0.25) is 4.90 Å². The first-order chi connectivity index (χ1) is 5.79. The zero-order chi connectivity index (χ0) is 8.55. The third kappa shape index (κ3) is 1.26. The van der Waals surface area contributed by atoms with Crippen LogP contribution in [0.4, 0.5) is 0 Å². The SMILES string of the molecule is CN1CCc2cc(CO)oc2C1. The van der Waals surface area contributed by atoms with Gasteiger partial charge < -0.3 is 9.52 Å². The molecule has 0 radical (unpaired) electrons. The highest BCUT2D eigenvalue weighted by Crippen LogP contribution is 2.21. The Labute approximate surface area is 71.6 Å². The largest absolute Gasteiger partial charge is 0.462 e. The number of rotatable bonds is 1. The summed E-state index contributed by atoms with van der Waals surface area (Å²) in [6.07, 6.45) is 1.04. The summed E-state index contributed by atoms with van der Waals surface area (Å²) in [6.45, 7) is 1.96. The smallest absolute Gasteiger partial charge is 0.129 e. The molecule has 1 aromatic heterocycles. The molecule has 0 amide bonds. The van der Waals surface area contributed by atoms with Crippen LogP contribution < -0.4 is 0 Å². The van der Waals surface area contributed by atoms with Gasteiger partial charge in [0.2, 0.25) is 0 Å². The molecular weight excluding hydrogens is 154 g/mol. The Kier molecular flexibility index (Phi) is 1.90. The first-order valence-corrected chi connectivity index (χ1v) is 4.19. The van der Waals surface area contributed by atoms with Crippen molar-refractivity contribution in [2.24, 2.45) is 0 Å². The highest BCUT2D eigenvalue weighted by Gasteiger charge is 2.17. The molecule has 1 aliphatic rings. The van der Waals surface area contributed by atoms with Crippen molar-refractivity contribution in [2.45, 2.75) is 19.6 Å². The first-order valence-electron chi connectivity index (χ1n) is 4.19. The molecule has 2 heterocycles. The Morgan fingerprint density at radius 3 is 3.25 bits per heavy atom. The van der Waals surface area contributed by atoms with Gasteiger partial charge in [-0.1, -0.05) is 0 Å². The molecule has 0 aromatic carbocycles. The highest BCUT2D eigenvalue weighted by atomic mass is 16.4. The maximum Gasteiger partial charge on any atom is 0.129 e. The standard InChI is InChI=1S/C9H13NO2/c1-10-3-2-7-4-8(6-11)12-9(7)5-10/h4,11H,2-3,5-6H2,1H3. The van der Waals surface area contributed by atoms with Crippen LogP contribution in [0.5, 0.6) is 0 Å². The zero-order valence-corrected chi connectivity index (χ0v) is 7.21. The number of likely N-dealkylation sites (N-methyl/N-ethyl adjacent to an activating group) is 1. The molecule has 3 nitrogen and oxygen atoms in total. The molecule has 0 saturated carbocycles. The number of hydrogen-bond donors (Lipinski definition) is 1. The van der Waals surface area contributed by atoms with E-state index in [-0.39, 0.29) is 6.61 Å². The summed E-state index contributed by atoms with van der Waals surface area (Å²) in [5.74, 6) is 1.71. The third-order valence-electron chi connectivity index (χ3n) is 2.28. The predicted octanol–water partition coefficient (Wildman–Crippen LogP) is 0.760. The van der Waals surface area contributed by atoms with Gasteiger partial charge >= 0.3 is 0 Å². The molecule has 0 unspecified atom stereocenters. The van der Waals surface area contributed by atoms with Crippen LogP contribution in [0.1, 0.15) is 17.1 Å².